The molecule has 17 heavy (non-hydrogen) atoms. The molecule has 1 aromatic rings. The van der Waals surface area contributed by atoms with Crippen LogP contribution in [0.4, 0.5) is 10.1 Å². The molecule has 0 unspecified atom stereocenters. The largest absolute Gasteiger partial charge is 0.329 e. The zero-order chi connectivity index (χ0) is 13.1. The number of hydrogen-bond acceptors (Lipinski definition) is 2. The van der Waals surface area contributed by atoms with E-state index in [0.717, 1.165) is 0 Å². The average molecular weight is 238 g/mol. The molecule has 3 nitrogen and oxygen atoms in total. The molecule has 0 aromatic heterocycles. The van der Waals surface area contributed by atoms with E-state index < -0.39 is 5.41 Å². The number of nitrogens with zero attached hydrogens (tertiary/aromatic N) is 1. The van der Waals surface area contributed by atoms with Crippen LogP contribution >= 0.6 is 0 Å². The Bertz CT molecular complexity index is 381. The summed E-state index contributed by atoms with van der Waals surface area (Å²) in [5.41, 5.74) is 5.70. The van der Waals surface area contributed by atoms with Crippen molar-refractivity contribution < 1.29 is 9.18 Å². The summed E-state index contributed by atoms with van der Waals surface area (Å²) in [5.74, 6) is -0.334. The predicted molar refractivity (Wildman–Crippen MR) is 67.3 cm³/mol. The Labute approximate surface area is 101 Å². The van der Waals surface area contributed by atoms with Gasteiger partial charge in [-0.3, -0.25) is 4.79 Å². The minimum atomic E-state index is -0.483. The fraction of sp³-hybridized carbons (Fsp3) is 0.462. The Hall–Kier alpha value is -1.42. The molecule has 0 bridgehead atoms. The highest BCUT2D eigenvalue weighted by Gasteiger charge is 2.27. The molecular weight excluding hydrogens is 219 g/mol. The molecule has 1 amide bonds. The van der Waals surface area contributed by atoms with Crippen LogP contribution in [0.2, 0.25) is 0 Å². The second-order valence-corrected chi connectivity index (χ2v) is 4.97. The smallest absolute Gasteiger partial charge is 0.232 e. The molecule has 0 atom stereocenters. The molecule has 2 N–H and O–H groups in total. The van der Waals surface area contributed by atoms with E-state index in [1.807, 2.05) is 20.8 Å². The summed E-state index contributed by atoms with van der Waals surface area (Å²) in [6, 6.07) is 5.87. The Balaban J connectivity index is 3.01. The van der Waals surface area contributed by atoms with Crippen LogP contribution in [0.3, 0.4) is 0 Å². The molecule has 0 saturated carbocycles. The van der Waals surface area contributed by atoms with E-state index in [1.165, 1.54) is 12.1 Å². The summed E-state index contributed by atoms with van der Waals surface area (Å²) in [5, 5.41) is 0. The first-order valence-electron chi connectivity index (χ1n) is 5.64. The van der Waals surface area contributed by atoms with Crippen LogP contribution in [-0.2, 0) is 4.79 Å². The van der Waals surface area contributed by atoms with Gasteiger partial charge < -0.3 is 10.6 Å². The van der Waals surface area contributed by atoms with Crippen LogP contribution in [-0.4, -0.2) is 19.0 Å². The number of carbonyl (C=O) groups excluding carboxylic acids is 1. The van der Waals surface area contributed by atoms with Crippen molar-refractivity contribution in [2.75, 3.05) is 18.0 Å². The number of halogens is 1. The molecule has 1 rings (SSSR count). The van der Waals surface area contributed by atoms with Gasteiger partial charge in [0.2, 0.25) is 5.91 Å². The number of anilines is 1. The van der Waals surface area contributed by atoms with Gasteiger partial charge in [-0.1, -0.05) is 20.8 Å². The van der Waals surface area contributed by atoms with Crippen molar-refractivity contribution in [2.45, 2.75) is 20.8 Å². The normalized spacial score (nSPS) is 11.4. The van der Waals surface area contributed by atoms with Crippen LogP contribution in [0, 0.1) is 11.2 Å². The molecule has 0 aliphatic heterocycles. The Morgan fingerprint density at radius 2 is 1.82 bits per heavy atom. The lowest BCUT2D eigenvalue weighted by atomic mass is 9.94. The molecular formula is C13H19FN2O. The summed E-state index contributed by atoms with van der Waals surface area (Å²) >= 11 is 0. The summed E-state index contributed by atoms with van der Waals surface area (Å²) in [6.07, 6.45) is 0. The maximum atomic E-state index is 12.8. The van der Waals surface area contributed by atoms with Crippen molar-refractivity contribution in [1.29, 1.82) is 0 Å². The standard InChI is InChI=1S/C13H19FN2O/c1-13(2,3)12(17)16(9-8-15)11-6-4-10(14)5-7-11/h4-7H,8-9,15H2,1-3H3. The zero-order valence-corrected chi connectivity index (χ0v) is 10.5. The topological polar surface area (TPSA) is 46.3 Å². The molecule has 0 heterocycles. The minimum absolute atomic E-state index is 0.0189. The lowest BCUT2D eigenvalue weighted by Crippen LogP contribution is -2.42. The van der Waals surface area contributed by atoms with Crippen molar-refractivity contribution in [3.8, 4) is 0 Å². The van der Waals surface area contributed by atoms with Crippen LogP contribution in [0.5, 0.6) is 0 Å². The van der Waals surface area contributed by atoms with Gasteiger partial charge in [0.25, 0.3) is 0 Å². The molecule has 0 radical (unpaired) electrons. The lowest BCUT2D eigenvalue weighted by molar-refractivity contribution is -0.125. The molecule has 0 aliphatic rings. The molecule has 0 fully saturated rings. The van der Waals surface area contributed by atoms with Crippen molar-refractivity contribution in [2.24, 2.45) is 11.1 Å². The first-order chi connectivity index (χ1) is 7.86. The number of amides is 1. The van der Waals surface area contributed by atoms with Gasteiger partial charge in [-0.05, 0) is 24.3 Å². The highest BCUT2D eigenvalue weighted by Crippen LogP contribution is 2.23. The van der Waals surface area contributed by atoms with Crippen molar-refractivity contribution in [3.63, 3.8) is 0 Å². The lowest BCUT2D eigenvalue weighted by Gasteiger charge is -2.29. The third-order valence-electron chi connectivity index (χ3n) is 2.38. The van der Waals surface area contributed by atoms with Crippen LogP contribution in [0.1, 0.15) is 20.8 Å². The van der Waals surface area contributed by atoms with Gasteiger partial charge in [0.15, 0.2) is 0 Å². The van der Waals surface area contributed by atoms with Gasteiger partial charge in [0.1, 0.15) is 5.82 Å². The predicted octanol–water partition coefficient (Wildman–Crippen LogP) is 2.16. The summed E-state index contributed by atoms with van der Waals surface area (Å²) in [7, 11) is 0. The Morgan fingerprint density at radius 3 is 2.24 bits per heavy atom. The summed E-state index contributed by atoms with van der Waals surface area (Å²) < 4.78 is 12.8. The van der Waals surface area contributed by atoms with E-state index in [-0.39, 0.29) is 11.7 Å². The van der Waals surface area contributed by atoms with Crippen molar-refractivity contribution >= 4 is 11.6 Å². The van der Waals surface area contributed by atoms with Gasteiger partial charge in [-0.25, -0.2) is 4.39 Å². The van der Waals surface area contributed by atoms with Crippen molar-refractivity contribution in [3.05, 3.63) is 30.1 Å². The number of rotatable bonds is 3. The van der Waals surface area contributed by atoms with Gasteiger partial charge in [-0.2, -0.15) is 0 Å². The number of nitrogens with two attached hydrogens (primary N) is 1. The fourth-order valence-electron chi connectivity index (χ4n) is 1.50. The van der Waals surface area contributed by atoms with Gasteiger partial charge >= 0.3 is 0 Å². The molecule has 0 aliphatic carbocycles. The molecule has 94 valence electrons. The highest BCUT2D eigenvalue weighted by atomic mass is 19.1. The number of carbonyl (C=O) groups is 1. The Kier molecular flexibility index (Phi) is 4.23. The van der Waals surface area contributed by atoms with Gasteiger partial charge in [0, 0.05) is 24.2 Å². The second kappa shape index (κ2) is 5.27. The van der Waals surface area contributed by atoms with Gasteiger partial charge in [0.05, 0.1) is 0 Å². The first-order valence-corrected chi connectivity index (χ1v) is 5.64. The van der Waals surface area contributed by atoms with Crippen LogP contribution in [0.25, 0.3) is 0 Å². The van der Waals surface area contributed by atoms with E-state index in [0.29, 0.717) is 18.8 Å². The monoisotopic (exact) mass is 238 g/mol. The van der Waals surface area contributed by atoms with Crippen LogP contribution < -0.4 is 10.6 Å². The molecule has 0 spiro atoms. The fourth-order valence-corrected chi connectivity index (χ4v) is 1.50. The SMILES string of the molecule is CC(C)(C)C(=O)N(CCN)c1ccc(F)cc1. The molecule has 0 saturated heterocycles. The third-order valence-corrected chi connectivity index (χ3v) is 2.38. The van der Waals surface area contributed by atoms with Gasteiger partial charge in [-0.15, -0.1) is 0 Å². The van der Waals surface area contributed by atoms with E-state index in [1.54, 1.807) is 17.0 Å². The maximum absolute atomic E-state index is 12.8. The summed E-state index contributed by atoms with van der Waals surface area (Å²) in [4.78, 5) is 13.8. The van der Waals surface area contributed by atoms with Crippen LogP contribution in [0.15, 0.2) is 24.3 Å². The minimum Gasteiger partial charge on any atom is -0.329 e. The first kappa shape index (κ1) is 13.6. The molecule has 1 aromatic carbocycles. The zero-order valence-electron chi connectivity index (χ0n) is 10.5. The van der Waals surface area contributed by atoms with E-state index >= 15 is 0 Å². The highest BCUT2D eigenvalue weighted by molar-refractivity contribution is 5.96. The second-order valence-electron chi connectivity index (χ2n) is 4.97. The maximum Gasteiger partial charge on any atom is 0.232 e. The third kappa shape index (κ3) is 3.53. The number of benzene rings is 1. The average Bonchev–Trinajstić information content (AvgIpc) is 2.25. The van der Waals surface area contributed by atoms with E-state index in [9.17, 15) is 9.18 Å². The van der Waals surface area contributed by atoms with E-state index in [4.69, 9.17) is 5.73 Å². The quantitative estimate of drug-likeness (QED) is 0.877. The summed E-state index contributed by atoms with van der Waals surface area (Å²) in [6.45, 7) is 6.36. The van der Waals surface area contributed by atoms with Crippen molar-refractivity contribution in [1.82, 2.24) is 0 Å². The van der Waals surface area contributed by atoms with E-state index in [2.05, 4.69) is 0 Å². The number of hydrogen-bond donors (Lipinski definition) is 1. The Morgan fingerprint density at radius 1 is 1.29 bits per heavy atom. The molecule has 4 heteroatoms.